The summed E-state index contributed by atoms with van der Waals surface area (Å²) in [5, 5.41) is 4.03. The maximum absolute atomic E-state index is 6.22. The molecule has 1 atom stereocenters. The summed E-state index contributed by atoms with van der Waals surface area (Å²) >= 11 is 0. The molecule has 0 aliphatic heterocycles. The van der Waals surface area contributed by atoms with Gasteiger partial charge in [0.1, 0.15) is 5.75 Å². The van der Waals surface area contributed by atoms with Crippen molar-refractivity contribution in [3.05, 3.63) is 41.5 Å². The minimum absolute atomic E-state index is 0.129. The molecule has 0 radical (unpaired) electrons. The second kappa shape index (κ2) is 5.64. The van der Waals surface area contributed by atoms with Gasteiger partial charge >= 0.3 is 0 Å². The Morgan fingerprint density at radius 3 is 2.39 bits per heavy atom. The van der Waals surface area contributed by atoms with E-state index < -0.39 is 5.54 Å². The summed E-state index contributed by atoms with van der Waals surface area (Å²) in [5.41, 5.74) is 7.21. The van der Waals surface area contributed by atoms with Crippen LogP contribution in [-0.4, -0.2) is 10.1 Å². The van der Waals surface area contributed by atoms with Crippen LogP contribution in [-0.2, 0) is 11.0 Å². The molecule has 0 spiro atoms. The number of hydrogen-bond acceptors (Lipinski definition) is 5. The molecule has 5 nitrogen and oxygen atoms in total. The highest BCUT2D eigenvalue weighted by molar-refractivity contribution is 5.31. The smallest absolute Gasteiger partial charge is 0.267 e. The summed E-state index contributed by atoms with van der Waals surface area (Å²) in [6.45, 7) is 8.47. The molecule has 1 aliphatic rings. The van der Waals surface area contributed by atoms with Crippen LogP contribution < -0.4 is 10.5 Å². The fraction of sp³-hybridized carbons (Fsp3) is 0.556. The highest BCUT2D eigenvalue weighted by Crippen LogP contribution is 2.37. The topological polar surface area (TPSA) is 74.2 Å². The summed E-state index contributed by atoms with van der Waals surface area (Å²) in [4.78, 5) is 4.43. The predicted molar refractivity (Wildman–Crippen MR) is 88.2 cm³/mol. The van der Waals surface area contributed by atoms with E-state index in [0.29, 0.717) is 11.7 Å². The van der Waals surface area contributed by atoms with E-state index in [2.05, 4.69) is 43.0 Å². The minimum atomic E-state index is -0.407. The van der Waals surface area contributed by atoms with Crippen LogP contribution in [0, 0.1) is 0 Å². The van der Waals surface area contributed by atoms with Crippen molar-refractivity contribution in [3.63, 3.8) is 0 Å². The van der Waals surface area contributed by atoms with Gasteiger partial charge in [-0.15, -0.1) is 0 Å². The molecular formula is C18H25N3O2. The Bertz CT molecular complexity index is 666. The quantitative estimate of drug-likeness (QED) is 0.927. The number of aromatic nitrogens is 2. The minimum Gasteiger partial charge on any atom is -0.481 e. The SMILES string of the molecule is CC(Oc1ccc(C(C)(C)C)cc1)c1nc(C2(N)CCC2)no1. The van der Waals surface area contributed by atoms with Crippen molar-refractivity contribution in [2.45, 2.75) is 64.0 Å². The van der Waals surface area contributed by atoms with Gasteiger partial charge in [-0.25, -0.2) is 0 Å². The third kappa shape index (κ3) is 3.24. The van der Waals surface area contributed by atoms with E-state index in [9.17, 15) is 0 Å². The summed E-state index contributed by atoms with van der Waals surface area (Å²) in [6.07, 6.45) is 2.64. The molecule has 0 bridgehead atoms. The molecule has 1 unspecified atom stereocenters. The number of hydrogen-bond donors (Lipinski definition) is 1. The summed E-state index contributed by atoms with van der Waals surface area (Å²) in [7, 11) is 0. The van der Waals surface area contributed by atoms with Gasteiger partial charge in [0.05, 0.1) is 5.54 Å². The van der Waals surface area contributed by atoms with Gasteiger partial charge in [-0.1, -0.05) is 38.1 Å². The first kappa shape index (κ1) is 16.0. The molecule has 0 amide bonds. The third-order valence-electron chi connectivity index (χ3n) is 4.51. The van der Waals surface area contributed by atoms with Crippen molar-refractivity contribution in [2.24, 2.45) is 5.73 Å². The molecule has 124 valence electrons. The van der Waals surface area contributed by atoms with Crippen LogP contribution in [0.4, 0.5) is 0 Å². The first-order valence-electron chi connectivity index (χ1n) is 8.18. The van der Waals surface area contributed by atoms with E-state index in [0.717, 1.165) is 25.0 Å². The number of nitrogens with zero attached hydrogens (tertiary/aromatic N) is 2. The molecule has 2 aromatic rings. The maximum Gasteiger partial charge on any atom is 0.267 e. The molecular weight excluding hydrogens is 290 g/mol. The Balaban J connectivity index is 1.68. The largest absolute Gasteiger partial charge is 0.481 e. The number of nitrogens with two attached hydrogens (primary N) is 1. The molecule has 0 saturated heterocycles. The molecule has 1 aromatic heterocycles. The Hall–Kier alpha value is -1.88. The lowest BCUT2D eigenvalue weighted by molar-refractivity contribution is 0.174. The zero-order valence-electron chi connectivity index (χ0n) is 14.3. The van der Waals surface area contributed by atoms with E-state index in [1.807, 2.05) is 19.1 Å². The molecule has 2 N–H and O–H groups in total. The highest BCUT2D eigenvalue weighted by Gasteiger charge is 2.39. The van der Waals surface area contributed by atoms with E-state index in [1.165, 1.54) is 5.56 Å². The standard InChI is InChI=1S/C18H25N3O2/c1-12(15-20-16(21-23-15)18(19)10-5-11-18)22-14-8-6-13(7-9-14)17(2,3)4/h6-9,12H,5,10-11,19H2,1-4H3. The summed E-state index contributed by atoms with van der Waals surface area (Å²) in [5.74, 6) is 1.85. The molecule has 5 heteroatoms. The van der Waals surface area contributed by atoms with Gasteiger partial charge in [0.2, 0.25) is 0 Å². The van der Waals surface area contributed by atoms with Crippen LogP contribution >= 0.6 is 0 Å². The van der Waals surface area contributed by atoms with Crippen molar-refractivity contribution in [2.75, 3.05) is 0 Å². The van der Waals surface area contributed by atoms with Crippen LogP contribution in [0.15, 0.2) is 28.8 Å². The van der Waals surface area contributed by atoms with Gasteiger partial charge in [0.15, 0.2) is 11.9 Å². The Kier molecular flexibility index (Phi) is 3.92. The van der Waals surface area contributed by atoms with Crippen molar-refractivity contribution in [3.8, 4) is 5.75 Å². The van der Waals surface area contributed by atoms with Crippen LogP contribution in [0.2, 0.25) is 0 Å². The molecule has 3 rings (SSSR count). The maximum atomic E-state index is 6.22. The Morgan fingerprint density at radius 1 is 1.22 bits per heavy atom. The van der Waals surface area contributed by atoms with Crippen molar-refractivity contribution >= 4 is 0 Å². The van der Waals surface area contributed by atoms with Gasteiger partial charge in [0.25, 0.3) is 5.89 Å². The lowest BCUT2D eigenvalue weighted by atomic mass is 9.77. The fourth-order valence-electron chi connectivity index (χ4n) is 2.67. The zero-order chi connectivity index (χ0) is 16.7. The third-order valence-corrected chi connectivity index (χ3v) is 4.51. The Labute approximate surface area is 137 Å². The van der Waals surface area contributed by atoms with Gasteiger partial charge in [-0.05, 0) is 49.3 Å². The van der Waals surface area contributed by atoms with Crippen molar-refractivity contribution in [1.82, 2.24) is 10.1 Å². The van der Waals surface area contributed by atoms with Crippen LogP contribution in [0.5, 0.6) is 5.75 Å². The number of rotatable bonds is 4. The van der Waals surface area contributed by atoms with Crippen LogP contribution in [0.1, 0.15) is 70.3 Å². The van der Waals surface area contributed by atoms with Crippen molar-refractivity contribution in [1.29, 1.82) is 0 Å². The first-order chi connectivity index (χ1) is 10.8. The van der Waals surface area contributed by atoms with Gasteiger partial charge in [0, 0.05) is 0 Å². The average Bonchev–Trinajstić information content (AvgIpc) is 2.94. The lowest BCUT2D eigenvalue weighted by Gasteiger charge is -2.34. The monoisotopic (exact) mass is 315 g/mol. The van der Waals surface area contributed by atoms with E-state index >= 15 is 0 Å². The van der Waals surface area contributed by atoms with Gasteiger partial charge in [-0.2, -0.15) is 4.98 Å². The highest BCUT2D eigenvalue weighted by atomic mass is 16.5. The van der Waals surface area contributed by atoms with Crippen LogP contribution in [0.25, 0.3) is 0 Å². The van der Waals surface area contributed by atoms with E-state index in [-0.39, 0.29) is 11.5 Å². The van der Waals surface area contributed by atoms with Gasteiger partial charge in [-0.3, -0.25) is 0 Å². The lowest BCUT2D eigenvalue weighted by Crippen LogP contribution is -2.44. The van der Waals surface area contributed by atoms with E-state index in [1.54, 1.807) is 0 Å². The summed E-state index contributed by atoms with van der Waals surface area (Å²) < 4.78 is 11.2. The molecule has 1 fully saturated rings. The number of benzene rings is 1. The molecule has 1 heterocycles. The zero-order valence-corrected chi connectivity index (χ0v) is 14.3. The second-order valence-corrected chi connectivity index (χ2v) is 7.50. The second-order valence-electron chi connectivity index (χ2n) is 7.50. The van der Waals surface area contributed by atoms with Crippen molar-refractivity contribution < 1.29 is 9.26 Å². The molecule has 1 saturated carbocycles. The van der Waals surface area contributed by atoms with Gasteiger partial charge < -0.3 is 15.0 Å². The molecule has 23 heavy (non-hydrogen) atoms. The number of ether oxygens (including phenoxy) is 1. The Morgan fingerprint density at radius 2 is 1.87 bits per heavy atom. The van der Waals surface area contributed by atoms with Crippen LogP contribution in [0.3, 0.4) is 0 Å². The first-order valence-corrected chi connectivity index (χ1v) is 8.18. The fourth-order valence-corrected chi connectivity index (χ4v) is 2.67. The molecule has 1 aliphatic carbocycles. The average molecular weight is 315 g/mol. The van der Waals surface area contributed by atoms with E-state index in [4.69, 9.17) is 15.0 Å². The predicted octanol–water partition coefficient (Wildman–Crippen LogP) is 3.85. The molecule has 1 aromatic carbocycles. The normalized spacial score (nSPS) is 18.3. The summed E-state index contributed by atoms with van der Waals surface area (Å²) in [6, 6.07) is 8.13.